The minimum absolute atomic E-state index is 0.222. The topological polar surface area (TPSA) is 57.5 Å². The molecule has 1 fully saturated rings. The molecule has 0 amide bonds. The molecular formula is C9H16O3. The molecule has 70 valence electrons. The third-order valence-corrected chi connectivity index (χ3v) is 2.62. The van der Waals surface area contributed by atoms with Crippen molar-refractivity contribution in [3.05, 3.63) is 0 Å². The second kappa shape index (κ2) is 3.90. The molecule has 0 aromatic rings. The maximum Gasteiger partial charge on any atom is 0.309 e. The van der Waals surface area contributed by atoms with Crippen LogP contribution in [0.25, 0.3) is 0 Å². The fourth-order valence-electron chi connectivity index (χ4n) is 1.47. The average molecular weight is 172 g/mol. The van der Waals surface area contributed by atoms with Crippen molar-refractivity contribution in [2.45, 2.75) is 38.5 Å². The standard InChI is InChI=1S/C9H16O3/c10-7-3-1-2-4-9(5-6-9)8(11)12/h10H,1-7H2,(H,11,12). The molecule has 0 aromatic carbocycles. The zero-order chi connectivity index (χ0) is 9.03. The second-order valence-corrected chi connectivity index (χ2v) is 3.62. The van der Waals surface area contributed by atoms with Gasteiger partial charge in [-0.3, -0.25) is 4.79 Å². The van der Waals surface area contributed by atoms with Gasteiger partial charge in [0.1, 0.15) is 0 Å². The van der Waals surface area contributed by atoms with Crippen molar-refractivity contribution in [1.29, 1.82) is 0 Å². The van der Waals surface area contributed by atoms with Gasteiger partial charge in [0.2, 0.25) is 0 Å². The van der Waals surface area contributed by atoms with Crippen molar-refractivity contribution in [3.8, 4) is 0 Å². The van der Waals surface area contributed by atoms with E-state index in [0.717, 1.165) is 38.5 Å². The fraction of sp³-hybridized carbons (Fsp3) is 0.889. The number of unbranched alkanes of at least 4 members (excludes halogenated alkanes) is 2. The van der Waals surface area contributed by atoms with Crippen LogP contribution in [0.2, 0.25) is 0 Å². The highest BCUT2D eigenvalue weighted by molar-refractivity contribution is 5.77. The number of aliphatic carboxylic acids is 1. The van der Waals surface area contributed by atoms with Crippen LogP contribution in [0, 0.1) is 5.41 Å². The molecule has 3 heteroatoms. The summed E-state index contributed by atoms with van der Waals surface area (Å²) in [6.07, 6.45) is 5.18. The molecule has 1 aliphatic rings. The maximum atomic E-state index is 10.7. The van der Waals surface area contributed by atoms with Gasteiger partial charge in [0.25, 0.3) is 0 Å². The van der Waals surface area contributed by atoms with Crippen LogP contribution < -0.4 is 0 Å². The van der Waals surface area contributed by atoms with Crippen molar-refractivity contribution >= 4 is 5.97 Å². The van der Waals surface area contributed by atoms with E-state index in [9.17, 15) is 4.79 Å². The quantitative estimate of drug-likeness (QED) is 0.595. The summed E-state index contributed by atoms with van der Waals surface area (Å²) in [5, 5.41) is 17.3. The van der Waals surface area contributed by atoms with Gasteiger partial charge in [0.05, 0.1) is 5.41 Å². The first-order chi connectivity index (χ1) is 5.71. The number of hydrogen-bond acceptors (Lipinski definition) is 2. The average Bonchev–Trinajstić information content (AvgIpc) is 2.79. The fourth-order valence-corrected chi connectivity index (χ4v) is 1.47. The van der Waals surface area contributed by atoms with Crippen molar-refractivity contribution in [3.63, 3.8) is 0 Å². The minimum Gasteiger partial charge on any atom is -0.481 e. The highest BCUT2D eigenvalue weighted by Crippen LogP contribution is 2.50. The van der Waals surface area contributed by atoms with Gasteiger partial charge in [-0.15, -0.1) is 0 Å². The number of rotatable bonds is 6. The van der Waals surface area contributed by atoms with Crippen LogP contribution in [0.1, 0.15) is 38.5 Å². The highest BCUT2D eigenvalue weighted by atomic mass is 16.4. The molecule has 0 atom stereocenters. The Kier molecular flexibility index (Phi) is 3.09. The molecule has 1 aliphatic carbocycles. The Bertz CT molecular complexity index is 161. The predicted octanol–water partition coefficient (Wildman–Crippen LogP) is 1.40. The Morgan fingerprint density at radius 1 is 1.25 bits per heavy atom. The largest absolute Gasteiger partial charge is 0.481 e. The van der Waals surface area contributed by atoms with Gasteiger partial charge in [0, 0.05) is 6.61 Å². The van der Waals surface area contributed by atoms with Crippen LogP contribution in [-0.2, 0) is 4.79 Å². The number of carbonyl (C=O) groups is 1. The van der Waals surface area contributed by atoms with Gasteiger partial charge in [0.15, 0.2) is 0 Å². The smallest absolute Gasteiger partial charge is 0.309 e. The van der Waals surface area contributed by atoms with Gasteiger partial charge in [-0.2, -0.15) is 0 Å². The Labute approximate surface area is 72.4 Å². The summed E-state index contributed by atoms with van der Waals surface area (Å²) >= 11 is 0. The maximum absolute atomic E-state index is 10.7. The van der Waals surface area contributed by atoms with E-state index in [1.165, 1.54) is 0 Å². The third kappa shape index (κ3) is 2.21. The van der Waals surface area contributed by atoms with Crippen molar-refractivity contribution in [2.24, 2.45) is 5.41 Å². The molecule has 0 aromatic heterocycles. The first-order valence-corrected chi connectivity index (χ1v) is 4.55. The van der Waals surface area contributed by atoms with E-state index < -0.39 is 5.97 Å². The lowest BCUT2D eigenvalue weighted by molar-refractivity contribution is -0.143. The number of aliphatic hydroxyl groups excluding tert-OH is 1. The van der Waals surface area contributed by atoms with E-state index >= 15 is 0 Å². The molecule has 3 nitrogen and oxygen atoms in total. The summed E-state index contributed by atoms with van der Waals surface area (Å²) in [6.45, 7) is 0.222. The first-order valence-electron chi connectivity index (χ1n) is 4.55. The molecule has 2 N–H and O–H groups in total. The summed E-state index contributed by atoms with van der Waals surface area (Å²) in [6, 6.07) is 0. The predicted molar refractivity (Wildman–Crippen MR) is 44.9 cm³/mol. The lowest BCUT2D eigenvalue weighted by atomic mass is 9.99. The normalized spacial score (nSPS) is 19.1. The molecule has 0 bridgehead atoms. The minimum atomic E-state index is -0.633. The third-order valence-electron chi connectivity index (χ3n) is 2.62. The number of carboxylic acids is 1. The van der Waals surface area contributed by atoms with Crippen LogP contribution in [0.15, 0.2) is 0 Å². The van der Waals surface area contributed by atoms with E-state index in [4.69, 9.17) is 10.2 Å². The molecular weight excluding hydrogens is 156 g/mol. The van der Waals surface area contributed by atoms with Gasteiger partial charge < -0.3 is 10.2 Å². The number of hydrogen-bond donors (Lipinski definition) is 2. The zero-order valence-electron chi connectivity index (χ0n) is 7.25. The molecule has 1 saturated carbocycles. The van der Waals surface area contributed by atoms with Crippen LogP contribution in [-0.4, -0.2) is 22.8 Å². The molecule has 1 rings (SSSR count). The highest BCUT2D eigenvalue weighted by Gasteiger charge is 2.49. The van der Waals surface area contributed by atoms with Crippen LogP contribution in [0.4, 0.5) is 0 Å². The number of aliphatic hydroxyl groups is 1. The van der Waals surface area contributed by atoms with E-state index in [-0.39, 0.29) is 12.0 Å². The lowest BCUT2D eigenvalue weighted by Crippen LogP contribution is -2.14. The lowest BCUT2D eigenvalue weighted by Gasteiger charge is -2.07. The van der Waals surface area contributed by atoms with Crippen LogP contribution in [0.3, 0.4) is 0 Å². The molecule has 0 heterocycles. The van der Waals surface area contributed by atoms with E-state index in [2.05, 4.69) is 0 Å². The molecule has 12 heavy (non-hydrogen) atoms. The summed E-state index contributed by atoms with van der Waals surface area (Å²) in [4.78, 5) is 10.7. The van der Waals surface area contributed by atoms with E-state index in [1.54, 1.807) is 0 Å². The van der Waals surface area contributed by atoms with Gasteiger partial charge in [-0.05, 0) is 25.7 Å². The summed E-state index contributed by atoms with van der Waals surface area (Å²) < 4.78 is 0. The zero-order valence-corrected chi connectivity index (χ0v) is 7.25. The van der Waals surface area contributed by atoms with Gasteiger partial charge in [-0.25, -0.2) is 0 Å². The Hall–Kier alpha value is -0.570. The van der Waals surface area contributed by atoms with E-state index in [0.29, 0.717) is 0 Å². The van der Waals surface area contributed by atoms with Crippen LogP contribution in [0.5, 0.6) is 0 Å². The molecule has 0 unspecified atom stereocenters. The molecule has 0 radical (unpaired) electrons. The first kappa shape index (κ1) is 9.52. The summed E-state index contributed by atoms with van der Waals surface area (Å²) in [5.41, 5.74) is -0.366. The van der Waals surface area contributed by atoms with Crippen LogP contribution >= 0.6 is 0 Å². The molecule has 0 saturated heterocycles. The van der Waals surface area contributed by atoms with Crippen molar-refractivity contribution in [2.75, 3.05) is 6.61 Å². The monoisotopic (exact) mass is 172 g/mol. The Morgan fingerprint density at radius 3 is 2.33 bits per heavy atom. The van der Waals surface area contributed by atoms with Crippen molar-refractivity contribution < 1.29 is 15.0 Å². The number of carboxylic acid groups (broad SMARTS) is 1. The summed E-state index contributed by atoms with van der Waals surface area (Å²) in [5.74, 6) is -0.633. The van der Waals surface area contributed by atoms with Crippen molar-refractivity contribution in [1.82, 2.24) is 0 Å². The SMILES string of the molecule is O=C(O)C1(CCCCCO)CC1. The second-order valence-electron chi connectivity index (χ2n) is 3.62. The van der Waals surface area contributed by atoms with Gasteiger partial charge in [-0.1, -0.05) is 12.8 Å². The van der Waals surface area contributed by atoms with Gasteiger partial charge >= 0.3 is 5.97 Å². The Morgan fingerprint density at radius 2 is 1.92 bits per heavy atom. The molecule has 0 spiro atoms. The molecule has 0 aliphatic heterocycles. The summed E-state index contributed by atoms with van der Waals surface area (Å²) in [7, 11) is 0. The Balaban J connectivity index is 2.10. The van der Waals surface area contributed by atoms with E-state index in [1.807, 2.05) is 0 Å².